The molecule has 2 atom stereocenters. The first-order chi connectivity index (χ1) is 29.5. The number of nitrogens with one attached hydrogen (secondary N) is 1. The molecule has 368 valence electrons. The zero-order valence-electron chi connectivity index (χ0n) is 43.0. The molecule has 0 fully saturated rings. The summed E-state index contributed by atoms with van der Waals surface area (Å²) in [7, 11) is 0. The first-order valence-electron chi connectivity index (χ1n) is 26.5. The summed E-state index contributed by atoms with van der Waals surface area (Å²) in [5.41, 5.74) is -1.63. The van der Waals surface area contributed by atoms with Crippen LogP contribution in [0.3, 0.4) is 0 Å². The molecule has 1 N–H and O–H groups in total. The van der Waals surface area contributed by atoms with Gasteiger partial charge in [0.1, 0.15) is 6.61 Å². The molecule has 0 aromatic carbocycles. The fraction of sp³-hybridized carbons (Fsp3) is 0.944. The van der Waals surface area contributed by atoms with E-state index in [1.807, 2.05) is 48.5 Å². The molecule has 0 bridgehead atoms. The van der Waals surface area contributed by atoms with Crippen molar-refractivity contribution in [3.8, 4) is 0 Å². The van der Waals surface area contributed by atoms with Crippen LogP contribution < -0.4 is 5.32 Å². The Labute approximate surface area is 385 Å². The highest BCUT2D eigenvalue weighted by atomic mass is 16.6. The molecule has 0 aromatic heterocycles. The summed E-state index contributed by atoms with van der Waals surface area (Å²) < 4.78 is 23.8. The molecule has 0 rings (SSSR count). The van der Waals surface area contributed by atoms with Gasteiger partial charge in [0.15, 0.2) is 6.04 Å². The third kappa shape index (κ3) is 37.7. The summed E-state index contributed by atoms with van der Waals surface area (Å²) in [6.07, 6.45) is 40.3. The third-order valence-electron chi connectivity index (χ3n) is 12.4. The Balaban J connectivity index is 4.77. The van der Waals surface area contributed by atoms with Gasteiger partial charge in [0.05, 0.1) is 29.3 Å². The van der Waals surface area contributed by atoms with E-state index in [1.165, 1.54) is 161 Å². The largest absolute Gasteiger partial charge is 0.464 e. The Kier molecular flexibility index (Phi) is 37.5. The smallest absolute Gasteiger partial charge is 0.332 e. The molecular weight excluding hydrogens is 775 g/mol. The number of hydrogen-bond acceptors (Lipinski definition) is 7. The number of hydrogen-bond donors (Lipinski definition) is 1. The van der Waals surface area contributed by atoms with Crippen LogP contribution in [0.2, 0.25) is 0 Å². The van der Waals surface area contributed by atoms with Crippen molar-refractivity contribution in [1.82, 2.24) is 5.32 Å². The Morgan fingerprint density at radius 2 is 0.839 bits per heavy atom. The van der Waals surface area contributed by atoms with Crippen LogP contribution in [-0.4, -0.2) is 60.5 Å². The van der Waals surface area contributed by atoms with E-state index in [1.54, 1.807) is 6.92 Å². The van der Waals surface area contributed by atoms with Gasteiger partial charge < -0.3 is 24.3 Å². The SMILES string of the molecule is CCCCCCCCCCCCCCCCCCOC(=O)C(COC(=O)C(C)C(C)(C)OC(C)(C)CCOC(C)(C)C)NC(=O)CCCCCCCCCCCCCCCCC. The first kappa shape index (κ1) is 60.3. The topological polar surface area (TPSA) is 100 Å². The summed E-state index contributed by atoms with van der Waals surface area (Å²) in [4.78, 5) is 39.8. The molecule has 8 nitrogen and oxygen atoms in total. The molecule has 0 saturated carbocycles. The van der Waals surface area contributed by atoms with E-state index < -0.39 is 35.1 Å². The van der Waals surface area contributed by atoms with Crippen molar-refractivity contribution in [2.24, 2.45) is 5.92 Å². The zero-order chi connectivity index (χ0) is 46.4. The fourth-order valence-corrected chi connectivity index (χ4v) is 8.04. The average molecular weight is 880 g/mol. The highest BCUT2D eigenvalue weighted by molar-refractivity contribution is 5.85. The molecule has 0 radical (unpaired) electrons. The molecule has 0 spiro atoms. The quantitative estimate of drug-likeness (QED) is 0.0480. The predicted molar refractivity (Wildman–Crippen MR) is 262 cm³/mol. The molecule has 1 amide bonds. The lowest BCUT2D eigenvalue weighted by molar-refractivity contribution is -0.182. The lowest BCUT2D eigenvalue weighted by Crippen LogP contribution is -2.48. The summed E-state index contributed by atoms with van der Waals surface area (Å²) in [5.74, 6) is -1.87. The molecular formula is C54H105NO7. The van der Waals surface area contributed by atoms with Crippen molar-refractivity contribution < 1.29 is 33.3 Å². The van der Waals surface area contributed by atoms with E-state index in [-0.39, 0.29) is 18.1 Å². The van der Waals surface area contributed by atoms with Gasteiger partial charge in [0.25, 0.3) is 0 Å². The van der Waals surface area contributed by atoms with Crippen LogP contribution in [0.4, 0.5) is 0 Å². The van der Waals surface area contributed by atoms with Gasteiger partial charge in [-0.25, -0.2) is 4.79 Å². The van der Waals surface area contributed by atoms with E-state index in [2.05, 4.69) is 19.2 Å². The van der Waals surface area contributed by atoms with E-state index >= 15 is 0 Å². The van der Waals surface area contributed by atoms with Gasteiger partial charge >= 0.3 is 11.9 Å². The van der Waals surface area contributed by atoms with Gasteiger partial charge in [-0.2, -0.15) is 0 Å². The van der Waals surface area contributed by atoms with Crippen molar-refractivity contribution in [1.29, 1.82) is 0 Å². The highest BCUT2D eigenvalue weighted by Gasteiger charge is 2.39. The van der Waals surface area contributed by atoms with E-state index in [9.17, 15) is 14.4 Å². The summed E-state index contributed by atoms with van der Waals surface area (Å²) in [6.45, 7) is 20.7. The number of ether oxygens (including phenoxy) is 4. The number of carbonyl (C=O) groups excluding carboxylic acids is 3. The van der Waals surface area contributed by atoms with E-state index in [0.717, 1.165) is 38.5 Å². The Morgan fingerprint density at radius 1 is 0.468 bits per heavy atom. The standard InChI is InChI=1S/C54H105NO7/c1-11-13-15-17-19-21-23-25-27-29-31-33-35-37-39-41-44-59-51(58)48(46-60-50(57)47(3)54(9,10)62-53(7,8)43-45-61-52(4,5)6)55-49(56)42-40-38-36-34-32-30-28-26-24-22-20-18-16-14-12-2/h47-48H,11-46H2,1-10H3,(H,55,56). The Hall–Kier alpha value is -1.67. The van der Waals surface area contributed by atoms with Gasteiger partial charge in [-0.1, -0.05) is 200 Å². The molecule has 2 unspecified atom stereocenters. The molecule has 0 aliphatic carbocycles. The fourth-order valence-electron chi connectivity index (χ4n) is 8.04. The van der Waals surface area contributed by atoms with Crippen LogP contribution in [0.25, 0.3) is 0 Å². The number of amides is 1. The van der Waals surface area contributed by atoms with Crippen molar-refractivity contribution in [3.63, 3.8) is 0 Å². The molecule has 62 heavy (non-hydrogen) atoms. The third-order valence-corrected chi connectivity index (χ3v) is 12.4. The minimum absolute atomic E-state index is 0.212. The summed E-state index contributed by atoms with van der Waals surface area (Å²) in [6, 6.07) is -1.05. The monoisotopic (exact) mass is 880 g/mol. The Bertz CT molecular complexity index is 1070. The lowest BCUT2D eigenvalue weighted by atomic mass is 9.91. The predicted octanol–water partition coefficient (Wildman–Crippen LogP) is 15.5. The summed E-state index contributed by atoms with van der Waals surface area (Å²) in [5, 5.41) is 2.84. The van der Waals surface area contributed by atoms with Crippen LogP contribution in [0.5, 0.6) is 0 Å². The molecule has 0 heterocycles. The normalized spacial score (nSPS) is 13.3. The second-order valence-corrected chi connectivity index (χ2v) is 20.8. The van der Waals surface area contributed by atoms with Gasteiger partial charge in [-0.15, -0.1) is 0 Å². The van der Waals surface area contributed by atoms with Crippen LogP contribution in [0.1, 0.15) is 281 Å². The minimum atomic E-state index is -1.05. The Morgan fingerprint density at radius 3 is 1.23 bits per heavy atom. The molecule has 0 aromatic rings. The highest BCUT2D eigenvalue weighted by Crippen LogP contribution is 2.31. The van der Waals surface area contributed by atoms with Crippen molar-refractivity contribution in [3.05, 3.63) is 0 Å². The van der Waals surface area contributed by atoms with Crippen molar-refractivity contribution in [2.75, 3.05) is 19.8 Å². The summed E-state index contributed by atoms with van der Waals surface area (Å²) >= 11 is 0. The van der Waals surface area contributed by atoms with Gasteiger partial charge in [-0.05, 0) is 74.7 Å². The second-order valence-electron chi connectivity index (χ2n) is 20.8. The maximum absolute atomic E-state index is 13.4. The number of rotatable bonds is 44. The van der Waals surface area contributed by atoms with E-state index in [0.29, 0.717) is 26.1 Å². The van der Waals surface area contributed by atoms with Crippen LogP contribution >= 0.6 is 0 Å². The van der Waals surface area contributed by atoms with Gasteiger partial charge in [-0.3, -0.25) is 9.59 Å². The van der Waals surface area contributed by atoms with Crippen molar-refractivity contribution >= 4 is 17.8 Å². The lowest BCUT2D eigenvalue weighted by Gasteiger charge is -2.39. The van der Waals surface area contributed by atoms with Crippen LogP contribution in [0, 0.1) is 5.92 Å². The molecule has 0 saturated heterocycles. The average Bonchev–Trinajstić information content (AvgIpc) is 3.20. The minimum Gasteiger partial charge on any atom is -0.464 e. The number of carbonyl (C=O) groups is 3. The number of esters is 2. The molecule has 0 aliphatic rings. The van der Waals surface area contributed by atoms with Gasteiger partial charge in [0.2, 0.25) is 5.91 Å². The zero-order valence-corrected chi connectivity index (χ0v) is 43.0. The maximum Gasteiger partial charge on any atom is 0.332 e. The van der Waals surface area contributed by atoms with Crippen LogP contribution in [0.15, 0.2) is 0 Å². The maximum atomic E-state index is 13.4. The van der Waals surface area contributed by atoms with Crippen LogP contribution in [-0.2, 0) is 33.3 Å². The van der Waals surface area contributed by atoms with E-state index in [4.69, 9.17) is 18.9 Å². The van der Waals surface area contributed by atoms with Gasteiger partial charge in [0, 0.05) is 13.0 Å². The van der Waals surface area contributed by atoms with Crippen molar-refractivity contribution in [2.45, 2.75) is 304 Å². The molecule has 8 heteroatoms. The second kappa shape index (κ2) is 38.6. The molecule has 0 aliphatic heterocycles. The first-order valence-corrected chi connectivity index (χ1v) is 26.5. The number of unbranched alkanes of at least 4 members (excludes halogenated alkanes) is 29.